The Hall–Kier alpha value is -4.00. The summed E-state index contributed by atoms with van der Waals surface area (Å²) in [6.07, 6.45) is 14.4. The molecule has 0 atom stereocenters. The number of fused-ring (bicyclic) bond motifs is 5. The van der Waals surface area contributed by atoms with Gasteiger partial charge in [0.1, 0.15) is 0 Å². The standard InChI is InChI=1S/C47H50N4.2BrH/c1-7-9-17-34-28(3)40(48-30(34)5)25-42-38-23-21-33-16-12-14-20-37(33)47(38)45(50-42)27-43-39-24-22-32-15-11-13-19-36(32)46(39)44(51-43)26-41-29(4)35(18-10-8-2)31(6)49-41;;/h11-16,19-21,23,25-26,48-49H,7-10,17-18,22,24,27H2,1-6H3;2*1H/b42-25-,44-26-;;. The summed E-state index contributed by atoms with van der Waals surface area (Å²) in [6, 6.07) is 22.2. The number of hydrogen-bond donors (Lipinski definition) is 2. The van der Waals surface area contributed by atoms with Crippen molar-refractivity contribution in [2.45, 2.75) is 99.3 Å². The third kappa shape index (κ3) is 7.05. The Balaban J connectivity index is 0.00000240. The molecule has 1 aliphatic carbocycles. The van der Waals surface area contributed by atoms with Gasteiger partial charge in [0, 0.05) is 45.9 Å². The van der Waals surface area contributed by atoms with Gasteiger partial charge < -0.3 is 9.97 Å². The number of H-pyrrole nitrogens is 2. The predicted molar refractivity (Wildman–Crippen MR) is 238 cm³/mol. The van der Waals surface area contributed by atoms with Crippen LogP contribution < -0.4 is 0 Å². The quantitative estimate of drug-likeness (QED) is 0.141. The van der Waals surface area contributed by atoms with Gasteiger partial charge in [-0.25, -0.2) is 0 Å². The third-order valence-electron chi connectivity index (χ3n) is 11.6. The number of nitrogens with zero attached hydrogens (tertiary/aromatic N) is 2. The fraction of sp³-hybridized carbons (Fsp3) is 0.319. The third-order valence-corrected chi connectivity index (χ3v) is 11.6. The van der Waals surface area contributed by atoms with E-state index in [0.717, 1.165) is 48.5 Å². The maximum absolute atomic E-state index is 5.53. The van der Waals surface area contributed by atoms with E-state index in [2.05, 4.69) is 124 Å². The summed E-state index contributed by atoms with van der Waals surface area (Å²) in [7, 11) is 0. The van der Waals surface area contributed by atoms with E-state index >= 15 is 0 Å². The predicted octanol–water partition coefficient (Wildman–Crippen LogP) is 13.2. The van der Waals surface area contributed by atoms with Crippen LogP contribution in [-0.2, 0) is 19.3 Å². The number of unbranched alkanes of at least 4 members (excludes halogenated alkanes) is 2. The molecule has 2 N–H and O–H groups in total. The zero-order valence-electron chi connectivity index (χ0n) is 32.0. The minimum atomic E-state index is 0. The van der Waals surface area contributed by atoms with E-state index in [4.69, 9.17) is 9.98 Å². The molecule has 0 saturated heterocycles. The van der Waals surface area contributed by atoms with Crippen LogP contribution in [0.25, 0.3) is 34.2 Å². The molecule has 0 bridgehead atoms. The molecule has 0 radical (unpaired) electrons. The Bertz CT molecular complexity index is 2360. The number of allylic oxidation sites excluding steroid dienone is 2. The van der Waals surface area contributed by atoms with Crippen molar-refractivity contribution in [2.24, 2.45) is 9.98 Å². The molecule has 3 aliphatic rings. The van der Waals surface area contributed by atoms with E-state index in [-0.39, 0.29) is 34.0 Å². The van der Waals surface area contributed by atoms with Crippen LogP contribution in [0, 0.1) is 27.7 Å². The second-order valence-electron chi connectivity index (χ2n) is 14.8. The molecule has 4 nitrogen and oxygen atoms in total. The molecule has 274 valence electrons. The Morgan fingerprint density at radius 2 is 1.25 bits per heavy atom. The highest BCUT2D eigenvalue weighted by molar-refractivity contribution is 8.93. The average Bonchev–Trinajstić information content (AvgIpc) is 3.83. The largest absolute Gasteiger partial charge is 0.359 e. The number of aromatic amines is 2. The van der Waals surface area contributed by atoms with Crippen molar-refractivity contribution in [2.75, 3.05) is 0 Å². The Labute approximate surface area is 336 Å². The number of nitrogens with one attached hydrogen (secondary N) is 2. The Morgan fingerprint density at radius 1 is 0.642 bits per heavy atom. The first-order chi connectivity index (χ1) is 24.9. The summed E-state index contributed by atoms with van der Waals surface area (Å²) < 4.78 is 0. The van der Waals surface area contributed by atoms with Crippen molar-refractivity contribution < 1.29 is 0 Å². The molecular formula is C47H52Br2N4. The summed E-state index contributed by atoms with van der Waals surface area (Å²) >= 11 is 0. The van der Waals surface area contributed by atoms with Crippen LogP contribution in [0.3, 0.4) is 0 Å². The number of rotatable bonds is 10. The van der Waals surface area contributed by atoms with Crippen molar-refractivity contribution in [3.05, 3.63) is 139 Å². The SMILES string of the molecule is Br.Br.CCCCc1c(C)[nH]c(/C=C2\N=C(CC3=N/C(=C\c4[nH]c(C)c(CCCC)c4C)c4ccc5ccccc5c43)C3=C2c2ccccc2CC3)c1C. The van der Waals surface area contributed by atoms with Gasteiger partial charge in [-0.3, -0.25) is 9.98 Å². The van der Waals surface area contributed by atoms with Gasteiger partial charge in [0.25, 0.3) is 0 Å². The molecule has 4 heterocycles. The highest BCUT2D eigenvalue weighted by Crippen LogP contribution is 2.45. The van der Waals surface area contributed by atoms with Gasteiger partial charge in [0.15, 0.2) is 0 Å². The van der Waals surface area contributed by atoms with E-state index in [1.54, 1.807) is 0 Å². The number of aliphatic imine (C=N–C) groups is 2. The van der Waals surface area contributed by atoms with E-state index in [0.29, 0.717) is 6.42 Å². The van der Waals surface area contributed by atoms with Crippen LogP contribution in [0.1, 0.15) is 120 Å². The Kier molecular flexibility index (Phi) is 11.8. The van der Waals surface area contributed by atoms with Crippen LogP contribution in [0.4, 0.5) is 0 Å². The second-order valence-corrected chi connectivity index (χ2v) is 14.8. The molecule has 53 heavy (non-hydrogen) atoms. The van der Waals surface area contributed by atoms with Gasteiger partial charge in [0.05, 0.1) is 22.8 Å². The van der Waals surface area contributed by atoms with Crippen molar-refractivity contribution >= 4 is 79.6 Å². The lowest BCUT2D eigenvalue weighted by molar-refractivity contribution is 0.788. The maximum atomic E-state index is 5.53. The number of aryl methyl sites for hydroxylation is 3. The highest BCUT2D eigenvalue weighted by Gasteiger charge is 2.33. The van der Waals surface area contributed by atoms with Crippen LogP contribution >= 0.6 is 34.0 Å². The monoisotopic (exact) mass is 830 g/mol. The molecule has 0 saturated carbocycles. The van der Waals surface area contributed by atoms with E-state index in [1.807, 2.05) is 0 Å². The normalized spacial score (nSPS) is 16.0. The lowest BCUT2D eigenvalue weighted by Crippen LogP contribution is -2.13. The van der Waals surface area contributed by atoms with Crippen molar-refractivity contribution in [1.29, 1.82) is 0 Å². The maximum Gasteiger partial charge on any atom is 0.0735 e. The fourth-order valence-corrected chi connectivity index (χ4v) is 8.73. The zero-order valence-corrected chi connectivity index (χ0v) is 35.4. The van der Waals surface area contributed by atoms with E-state index in [1.165, 1.54) is 115 Å². The van der Waals surface area contributed by atoms with Crippen LogP contribution in [-0.4, -0.2) is 21.4 Å². The number of aromatic nitrogens is 2. The zero-order chi connectivity index (χ0) is 35.2. The first kappa shape index (κ1) is 38.7. The summed E-state index contributed by atoms with van der Waals surface area (Å²) in [6.45, 7) is 13.5. The summed E-state index contributed by atoms with van der Waals surface area (Å²) in [5, 5.41) is 2.51. The minimum Gasteiger partial charge on any atom is -0.359 e. The second kappa shape index (κ2) is 16.2. The molecule has 0 unspecified atom stereocenters. The lowest BCUT2D eigenvalue weighted by atomic mass is 9.82. The average molecular weight is 833 g/mol. The minimum absolute atomic E-state index is 0. The molecule has 3 aromatic carbocycles. The topological polar surface area (TPSA) is 56.3 Å². The van der Waals surface area contributed by atoms with Gasteiger partial charge in [-0.15, -0.1) is 34.0 Å². The van der Waals surface area contributed by atoms with Gasteiger partial charge >= 0.3 is 0 Å². The molecule has 8 rings (SSSR count). The van der Waals surface area contributed by atoms with E-state index in [9.17, 15) is 0 Å². The molecule has 0 amide bonds. The first-order valence-electron chi connectivity index (χ1n) is 19.2. The van der Waals surface area contributed by atoms with Crippen LogP contribution in [0.5, 0.6) is 0 Å². The molecular weight excluding hydrogens is 780 g/mol. The van der Waals surface area contributed by atoms with Crippen molar-refractivity contribution in [1.82, 2.24) is 9.97 Å². The smallest absolute Gasteiger partial charge is 0.0735 e. The molecule has 2 aliphatic heterocycles. The molecule has 5 aromatic rings. The van der Waals surface area contributed by atoms with Crippen molar-refractivity contribution in [3.63, 3.8) is 0 Å². The highest BCUT2D eigenvalue weighted by atomic mass is 79.9. The fourth-order valence-electron chi connectivity index (χ4n) is 8.73. The molecule has 2 aromatic heterocycles. The van der Waals surface area contributed by atoms with Gasteiger partial charge in [-0.1, -0.05) is 87.4 Å². The Morgan fingerprint density at radius 3 is 1.92 bits per heavy atom. The number of hydrogen-bond acceptors (Lipinski definition) is 2. The number of benzene rings is 3. The number of halogens is 2. The van der Waals surface area contributed by atoms with Gasteiger partial charge in [-0.05, 0) is 128 Å². The molecule has 6 heteroatoms. The molecule has 0 fully saturated rings. The molecule has 0 spiro atoms. The van der Waals surface area contributed by atoms with Crippen LogP contribution in [0.2, 0.25) is 0 Å². The lowest BCUT2D eigenvalue weighted by Gasteiger charge is -2.20. The van der Waals surface area contributed by atoms with Crippen molar-refractivity contribution in [3.8, 4) is 0 Å². The first-order valence-corrected chi connectivity index (χ1v) is 19.2. The summed E-state index contributed by atoms with van der Waals surface area (Å²) in [5.41, 5.74) is 22.8. The summed E-state index contributed by atoms with van der Waals surface area (Å²) in [4.78, 5) is 18.5. The summed E-state index contributed by atoms with van der Waals surface area (Å²) in [5.74, 6) is 0. The van der Waals surface area contributed by atoms with Gasteiger partial charge in [-0.2, -0.15) is 0 Å². The van der Waals surface area contributed by atoms with E-state index < -0.39 is 0 Å². The van der Waals surface area contributed by atoms with Crippen LogP contribution in [0.15, 0.2) is 81.9 Å². The van der Waals surface area contributed by atoms with Gasteiger partial charge in [0.2, 0.25) is 0 Å².